The first-order valence-corrected chi connectivity index (χ1v) is 16.7. The van der Waals surface area contributed by atoms with Gasteiger partial charge in [-0.2, -0.15) is 0 Å². The van der Waals surface area contributed by atoms with E-state index in [2.05, 4.69) is 13.2 Å². The van der Waals surface area contributed by atoms with Crippen molar-refractivity contribution in [1.82, 2.24) is 0 Å². The number of ether oxygens (including phenoxy) is 10. The second-order valence-corrected chi connectivity index (χ2v) is 10.5. The van der Waals surface area contributed by atoms with Crippen molar-refractivity contribution < 1.29 is 66.5 Å². The molecule has 284 valence electrons. The zero-order valence-corrected chi connectivity index (χ0v) is 29.4. The Morgan fingerprint density at radius 1 is 0.528 bits per heavy atom. The van der Waals surface area contributed by atoms with Gasteiger partial charge in [0.2, 0.25) is 0 Å². The molecule has 0 heterocycles. The largest absolute Gasteiger partial charge is 0.495 e. The van der Waals surface area contributed by atoms with Crippen LogP contribution < -0.4 is 14.2 Å². The lowest BCUT2D eigenvalue weighted by atomic mass is 10.2. The van der Waals surface area contributed by atoms with Crippen LogP contribution in [0.3, 0.4) is 0 Å². The van der Waals surface area contributed by atoms with Crippen molar-refractivity contribution in [2.45, 2.75) is 6.42 Å². The molecule has 2 aromatic rings. The van der Waals surface area contributed by atoms with Crippen LogP contribution in [0.15, 0.2) is 109 Å². The number of carbonyl (C=O) groups is 4. The molecule has 0 unspecified atom stereocenters. The third-order valence-electron chi connectivity index (χ3n) is 6.67. The molecule has 0 saturated heterocycles. The number of allylic oxidation sites excluding steroid dienone is 3. The van der Waals surface area contributed by atoms with E-state index in [0.29, 0.717) is 81.9 Å². The maximum absolute atomic E-state index is 12.8. The summed E-state index contributed by atoms with van der Waals surface area (Å²) < 4.78 is 53.4. The number of benzene rings is 2. The van der Waals surface area contributed by atoms with E-state index in [0.717, 1.165) is 12.2 Å². The quantitative estimate of drug-likeness (QED) is 0.0575. The normalized spacial score (nSPS) is 12.0. The standard InChI is InChI=1S/C39H44O14/c1-3-36(40)50-28-24-46-20-18-44-22-26-48-32-7-5-6-30(8-11-32)38(42)52-34-14-16-35(17-15-34)53-39(43)31-9-12-33(13-10-31)49-27-23-45-19-21-47-25-29-51-37(41)4-2/h3-6,8-17H,1-2,7,18-29H2. The van der Waals surface area contributed by atoms with Gasteiger partial charge in [0.25, 0.3) is 0 Å². The Bertz CT molecular complexity index is 1560. The zero-order chi connectivity index (χ0) is 37.9. The van der Waals surface area contributed by atoms with Crippen LogP contribution in [0.1, 0.15) is 16.8 Å². The second-order valence-electron chi connectivity index (χ2n) is 10.5. The fraction of sp³-hybridized carbons (Fsp3) is 0.333. The monoisotopic (exact) mass is 736 g/mol. The van der Waals surface area contributed by atoms with Gasteiger partial charge in [0, 0.05) is 18.6 Å². The molecule has 0 aliphatic heterocycles. The third kappa shape index (κ3) is 18.0. The van der Waals surface area contributed by atoms with E-state index in [1.165, 1.54) is 24.3 Å². The molecule has 14 heteroatoms. The van der Waals surface area contributed by atoms with Crippen molar-refractivity contribution in [3.05, 3.63) is 115 Å². The minimum absolute atomic E-state index is 0.149. The lowest BCUT2D eigenvalue weighted by molar-refractivity contribution is -0.140. The molecule has 0 amide bonds. The molecule has 14 nitrogen and oxygen atoms in total. The molecular formula is C39H44O14. The maximum atomic E-state index is 12.8. The highest BCUT2D eigenvalue weighted by atomic mass is 16.6. The van der Waals surface area contributed by atoms with Crippen LogP contribution in [0.2, 0.25) is 0 Å². The van der Waals surface area contributed by atoms with Gasteiger partial charge < -0.3 is 47.4 Å². The van der Waals surface area contributed by atoms with Crippen molar-refractivity contribution in [2.24, 2.45) is 0 Å². The molecule has 0 bridgehead atoms. The molecular weight excluding hydrogens is 692 g/mol. The van der Waals surface area contributed by atoms with Crippen molar-refractivity contribution >= 4 is 23.9 Å². The number of rotatable bonds is 26. The molecule has 3 rings (SSSR count). The predicted octanol–water partition coefficient (Wildman–Crippen LogP) is 4.50. The summed E-state index contributed by atoms with van der Waals surface area (Å²) in [4.78, 5) is 47.3. The molecule has 0 aromatic heterocycles. The van der Waals surface area contributed by atoms with Crippen molar-refractivity contribution in [1.29, 1.82) is 0 Å². The van der Waals surface area contributed by atoms with Crippen LogP contribution in [0.25, 0.3) is 0 Å². The highest BCUT2D eigenvalue weighted by Crippen LogP contribution is 2.21. The molecule has 2 aromatic carbocycles. The molecule has 1 aliphatic carbocycles. The second kappa shape index (κ2) is 25.4. The molecule has 0 atom stereocenters. The molecule has 0 N–H and O–H groups in total. The Kier molecular flexibility index (Phi) is 20.1. The first-order valence-electron chi connectivity index (χ1n) is 16.7. The number of hydrogen-bond donors (Lipinski definition) is 0. The van der Waals surface area contributed by atoms with Gasteiger partial charge >= 0.3 is 23.9 Å². The summed E-state index contributed by atoms with van der Waals surface area (Å²) >= 11 is 0. The lowest BCUT2D eigenvalue weighted by Gasteiger charge is -2.09. The summed E-state index contributed by atoms with van der Waals surface area (Å²) in [7, 11) is 0. The average Bonchev–Trinajstić information content (AvgIpc) is 3.43. The van der Waals surface area contributed by atoms with Crippen LogP contribution >= 0.6 is 0 Å². The Hall–Kier alpha value is -5.54. The van der Waals surface area contributed by atoms with Gasteiger partial charge in [-0.3, -0.25) is 0 Å². The van der Waals surface area contributed by atoms with Crippen molar-refractivity contribution in [3.63, 3.8) is 0 Å². The van der Waals surface area contributed by atoms with E-state index in [9.17, 15) is 19.2 Å². The third-order valence-corrected chi connectivity index (χ3v) is 6.67. The van der Waals surface area contributed by atoms with E-state index in [1.54, 1.807) is 48.6 Å². The molecule has 53 heavy (non-hydrogen) atoms. The minimum atomic E-state index is -0.566. The summed E-state index contributed by atoms with van der Waals surface area (Å²) in [5.74, 6) is -0.347. The molecule has 0 spiro atoms. The maximum Gasteiger partial charge on any atom is 0.343 e. The molecule has 0 fully saturated rings. The number of esters is 4. The topological polar surface area (TPSA) is 161 Å². The van der Waals surface area contributed by atoms with Crippen LogP contribution in [0.5, 0.6) is 17.2 Å². The van der Waals surface area contributed by atoms with Gasteiger partial charge in [-0.25, -0.2) is 19.2 Å². The van der Waals surface area contributed by atoms with Crippen LogP contribution in [-0.4, -0.2) is 103 Å². The summed E-state index contributed by atoms with van der Waals surface area (Å²) in [6, 6.07) is 12.6. The Morgan fingerprint density at radius 2 is 0.981 bits per heavy atom. The van der Waals surface area contributed by atoms with Crippen LogP contribution in [-0.2, 0) is 47.5 Å². The molecule has 1 aliphatic rings. The first-order chi connectivity index (χ1) is 25.9. The van der Waals surface area contributed by atoms with Crippen LogP contribution in [0.4, 0.5) is 0 Å². The molecule has 0 radical (unpaired) electrons. The fourth-order valence-electron chi connectivity index (χ4n) is 4.06. The Labute approximate surface area is 308 Å². The highest BCUT2D eigenvalue weighted by molar-refractivity contribution is 5.94. The van der Waals surface area contributed by atoms with E-state index in [1.807, 2.05) is 0 Å². The molecule has 0 saturated carbocycles. The first kappa shape index (κ1) is 41.9. The van der Waals surface area contributed by atoms with E-state index in [-0.39, 0.29) is 37.9 Å². The summed E-state index contributed by atoms with van der Waals surface area (Å²) in [5.41, 5.74) is 0.654. The van der Waals surface area contributed by atoms with Crippen molar-refractivity contribution in [3.8, 4) is 17.2 Å². The van der Waals surface area contributed by atoms with Gasteiger partial charge in [-0.15, -0.1) is 0 Å². The fourth-order valence-corrected chi connectivity index (χ4v) is 4.06. The predicted molar refractivity (Wildman–Crippen MR) is 190 cm³/mol. The number of carbonyl (C=O) groups excluding carboxylic acids is 4. The van der Waals surface area contributed by atoms with Gasteiger partial charge in [0.15, 0.2) is 0 Å². The van der Waals surface area contributed by atoms with Gasteiger partial charge in [0.05, 0.1) is 69.8 Å². The van der Waals surface area contributed by atoms with E-state index < -0.39 is 23.9 Å². The van der Waals surface area contributed by atoms with Gasteiger partial charge in [-0.1, -0.05) is 25.3 Å². The van der Waals surface area contributed by atoms with E-state index >= 15 is 0 Å². The Balaban J connectivity index is 1.29. The minimum Gasteiger partial charge on any atom is -0.495 e. The van der Waals surface area contributed by atoms with Gasteiger partial charge in [-0.05, 0) is 60.7 Å². The highest BCUT2D eigenvalue weighted by Gasteiger charge is 2.13. The van der Waals surface area contributed by atoms with Crippen molar-refractivity contribution in [2.75, 3.05) is 79.3 Å². The summed E-state index contributed by atoms with van der Waals surface area (Å²) in [5, 5.41) is 0. The van der Waals surface area contributed by atoms with E-state index in [4.69, 9.17) is 47.4 Å². The SMILES string of the molecule is C=CC(=O)OCCOCCOCCOC1=CC=C(C(=O)Oc2ccc(OC(=O)c3ccc(OCCOCCOCCOC(=O)C=C)cc3)cc2)C=CC1. The smallest absolute Gasteiger partial charge is 0.343 e. The Morgan fingerprint density at radius 3 is 1.51 bits per heavy atom. The van der Waals surface area contributed by atoms with Crippen LogP contribution in [0, 0.1) is 0 Å². The number of hydrogen-bond acceptors (Lipinski definition) is 14. The zero-order valence-electron chi connectivity index (χ0n) is 29.4. The van der Waals surface area contributed by atoms with Gasteiger partial charge in [0.1, 0.15) is 43.7 Å². The summed E-state index contributed by atoms with van der Waals surface area (Å²) in [6.45, 7) is 10.2. The summed E-state index contributed by atoms with van der Waals surface area (Å²) in [6.07, 6.45) is 9.44. The average molecular weight is 737 g/mol. The lowest BCUT2D eigenvalue weighted by Crippen LogP contribution is -2.13.